The Kier molecular flexibility index (Phi) is 46.8. The van der Waals surface area contributed by atoms with E-state index in [4.69, 9.17) is 40.5 Å². The normalized spacial score (nSPS) is 11.3. The molecule has 0 aliphatic heterocycles. The number of aromatic nitrogens is 15. The number of aliphatic hydroxyl groups is 5. The van der Waals surface area contributed by atoms with E-state index < -0.39 is 0 Å². The third-order valence-corrected chi connectivity index (χ3v) is 20.7. The Morgan fingerprint density at radius 3 is 0.796 bits per heavy atom. The first-order chi connectivity index (χ1) is 67.7. The fraction of sp³-hybridized carbons (Fsp3) is 0.188. The van der Waals surface area contributed by atoms with Gasteiger partial charge in [0.15, 0.2) is 40.6 Å². The molecule has 10 heterocycles. The van der Waals surface area contributed by atoms with Crippen LogP contribution in [0.3, 0.4) is 0 Å². The zero-order valence-electron chi connectivity index (χ0n) is 84.7. The maximum Gasteiger partial charge on any atom is 0.236 e. The van der Waals surface area contributed by atoms with Crippen molar-refractivity contribution < 1.29 is 150 Å². The van der Waals surface area contributed by atoms with Crippen molar-refractivity contribution in [3.8, 4) is 29.4 Å². The van der Waals surface area contributed by atoms with E-state index in [0.29, 0.717) is 11.9 Å². The SMILES string of the molecule is CC(=O)C=C(C)O.CC(=O)C=C(C)O.CC(=O)C=C(C)O.CC(=O)C=C(C)O.CC(=O)C=C(C)O.CC(C)(C)c1ccc(-n2c3[c-]cccc3c3ccccc32)nn1.CC(C)(C)c1nc(-n2c3[c-]cccc3c3ccccc32)nc(C(C)(C)C)n1.[Ir].[Ir].[Ir].[Ir].[Ir].[c-]1cccc2c3ccccc3n(-c3ccccn3)c12.[c-]1cccc2c3ccccc3n(-c3cnccn3)c12.[c-]1cccc2c3ccccc3n(-c3ncccn3)c12. The Labute approximate surface area is 922 Å². The first kappa shape index (κ1) is 122. The van der Waals surface area contributed by atoms with E-state index >= 15 is 0 Å². The van der Waals surface area contributed by atoms with Gasteiger partial charge in [0.2, 0.25) is 11.9 Å². The molecule has 20 aromatic rings. The minimum Gasteiger partial charge on any atom is -0.512 e. The van der Waals surface area contributed by atoms with Crippen LogP contribution in [-0.2, 0) is 141 Å². The van der Waals surface area contributed by atoms with Gasteiger partial charge in [-0.05, 0) is 157 Å². The van der Waals surface area contributed by atoms with Gasteiger partial charge in [-0.3, -0.25) is 29.0 Å². The number of aliphatic hydroxyl groups excluding tert-OH is 5. The second kappa shape index (κ2) is 56.6. The summed E-state index contributed by atoms with van der Waals surface area (Å²) in [4.78, 5) is 86.4. The first-order valence-corrected chi connectivity index (χ1v) is 45.7. The molecule has 147 heavy (non-hydrogen) atoms. The van der Waals surface area contributed by atoms with Gasteiger partial charge in [-0.1, -0.05) is 187 Å². The molecule has 0 atom stereocenters. The molecule has 0 aliphatic carbocycles. The molecule has 0 bridgehead atoms. The van der Waals surface area contributed by atoms with E-state index in [-0.39, 0.29) is 174 Å². The van der Waals surface area contributed by atoms with Gasteiger partial charge < -0.3 is 48.4 Å². The molecule has 0 saturated carbocycles. The first-order valence-electron chi connectivity index (χ1n) is 45.7. The number of carbonyl (C=O) groups excluding carboxylic acids is 5. The van der Waals surface area contributed by atoms with Crippen molar-refractivity contribution in [3.05, 3.63) is 393 Å². The van der Waals surface area contributed by atoms with Crippen LogP contribution in [0.2, 0.25) is 0 Å². The number of para-hydroxylation sites is 10. The molecule has 25 nitrogen and oxygen atoms in total. The molecule has 0 unspecified atom stereocenters. The molecular weight excluding hydrogens is 2740 g/mol. The molecule has 5 radical (unpaired) electrons. The number of benzene rings is 10. The van der Waals surface area contributed by atoms with Gasteiger partial charge in [-0.2, -0.15) is 136 Å². The number of carbonyl (C=O) groups is 5. The molecule has 30 heteroatoms. The summed E-state index contributed by atoms with van der Waals surface area (Å²) in [5.41, 5.74) is 11.4. The molecule has 10 aromatic heterocycles. The van der Waals surface area contributed by atoms with Crippen molar-refractivity contribution in [3.63, 3.8) is 0 Å². The van der Waals surface area contributed by atoms with Crippen LogP contribution in [-0.4, -0.2) is 127 Å². The van der Waals surface area contributed by atoms with Gasteiger partial charge in [0.1, 0.15) is 17.5 Å². The van der Waals surface area contributed by atoms with Crippen LogP contribution in [0.1, 0.15) is 149 Å². The minimum atomic E-state index is -0.167. The number of allylic oxidation sites excluding steroid dienone is 10. The van der Waals surface area contributed by atoms with Gasteiger partial charge in [0.25, 0.3) is 0 Å². The maximum absolute atomic E-state index is 10.0. The van der Waals surface area contributed by atoms with Gasteiger partial charge in [-0.25, -0.2) is 24.9 Å². The summed E-state index contributed by atoms with van der Waals surface area (Å²) in [7, 11) is 0. The van der Waals surface area contributed by atoms with Crippen LogP contribution in [0.4, 0.5) is 0 Å². The van der Waals surface area contributed by atoms with E-state index in [1.54, 1.807) is 31.0 Å². The van der Waals surface area contributed by atoms with Crippen LogP contribution in [0, 0.1) is 30.3 Å². The summed E-state index contributed by atoms with van der Waals surface area (Å²) in [6.45, 7) is 33.5. The van der Waals surface area contributed by atoms with E-state index in [1.165, 1.54) is 154 Å². The fourth-order valence-electron chi connectivity index (χ4n) is 15.1. The third kappa shape index (κ3) is 32.9. The minimum absolute atomic E-state index is 0. The van der Waals surface area contributed by atoms with E-state index in [2.05, 4.69) is 279 Å². The van der Waals surface area contributed by atoms with Crippen molar-refractivity contribution in [1.82, 2.24) is 72.9 Å². The smallest absolute Gasteiger partial charge is 0.236 e. The number of nitrogens with zero attached hydrogens (tertiary/aromatic N) is 15. The van der Waals surface area contributed by atoms with Crippen molar-refractivity contribution in [2.24, 2.45) is 0 Å². The van der Waals surface area contributed by atoms with Crippen LogP contribution >= 0.6 is 0 Å². The topological polar surface area (TPSA) is 340 Å². The predicted octanol–water partition coefficient (Wildman–Crippen LogP) is 25.9. The zero-order chi connectivity index (χ0) is 103. The van der Waals surface area contributed by atoms with Crippen molar-refractivity contribution in [2.45, 2.75) is 148 Å². The molecular formula is C117H114Ir5N15O10-5. The quantitative estimate of drug-likeness (QED) is 0.0482. The number of ketones is 5. The van der Waals surface area contributed by atoms with Crippen LogP contribution in [0.15, 0.2) is 345 Å². The number of rotatable bonds is 10. The summed E-state index contributed by atoms with van der Waals surface area (Å²) in [5, 5.41) is 62.7. The van der Waals surface area contributed by atoms with E-state index in [1.807, 2.05) is 126 Å². The molecule has 20 rings (SSSR count). The number of pyridine rings is 1. The average Bonchev–Trinajstić information content (AvgIpc) is 1.78. The largest absolute Gasteiger partial charge is 0.512 e. The monoisotopic (exact) mass is 2850 g/mol. The van der Waals surface area contributed by atoms with Crippen LogP contribution < -0.4 is 0 Å². The maximum atomic E-state index is 10.0. The average molecular weight is 2850 g/mol. The van der Waals surface area contributed by atoms with Crippen LogP contribution in [0.5, 0.6) is 0 Å². The van der Waals surface area contributed by atoms with Crippen molar-refractivity contribution in [2.75, 3.05) is 0 Å². The molecule has 0 saturated heterocycles. The Balaban J connectivity index is 0.000000258. The number of hydrogen-bond acceptors (Lipinski definition) is 20. The molecule has 5 N–H and O–H groups in total. The van der Waals surface area contributed by atoms with E-state index in [0.717, 1.165) is 89.8 Å². The van der Waals surface area contributed by atoms with Crippen molar-refractivity contribution >= 4 is 138 Å². The third-order valence-electron chi connectivity index (χ3n) is 20.7. The summed E-state index contributed by atoms with van der Waals surface area (Å²) in [5.74, 6) is 5.20. The second-order valence-corrected chi connectivity index (χ2v) is 36.0. The molecule has 767 valence electrons. The second-order valence-electron chi connectivity index (χ2n) is 36.0. The van der Waals surface area contributed by atoms with Gasteiger partial charge in [0, 0.05) is 206 Å². The summed E-state index contributed by atoms with van der Waals surface area (Å²) in [6.07, 6.45) is 16.3. The van der Waals surface area contributed by atoms with Crippen LogP contribution in [0.25, 0.3) is 138 Å². The van der Waals surface area contributed by atoms with Crippen molar-refractivity contribution in [1.29, 1.82) is 0 Å². The Morgan fingerprint density at radius 1 is 0.259 bits per heavy atom. The Hall–Kier alpha value is -14.1. The van der Waals surface area contributed by atoms with E-state index in [9.17, 15) is 24.0 Å². The standard InChI is InChI=1S/C23H25N4.C20H18N3.C17H11N2.2C16H10N3.5C5H8O2.5Ir/c1-22(2,3)19-24-20(23(4,5)6)26-21(25-19)27-17-13-9-7-11-15(17)16-12-8-10-14-18(16)27;1-20(2,3)18-12-13-19(22-21-18)23-16-10-6-4-8-14(16)15-9-5-7-11-17(15)23;1-3-9-15-13(7-1)14-8-2-4-10-16(14)19(15)17-11-5-6-12-18-17;1-3-8-14-12(6-1)13-7-2-4-9-15(13)19(14)16-17-10-5-11-18-16;1-3-7-14-12(5-1)13-6-2-4-8-15(13)19(14)16-11-17-9-10-18-16;5*1-4(6)3-5(2)7;;;;;/h7-13H,1-6H3;4-10,12-13H,1-3H3;1-9,11-12H;1-8,10-11H;1-7,9-11H;5*3,6H,1-2H3;;;;;/q5*-1;;;;;;;;;;. The number of hydrogen-bond donors (Lipinski definition) is 5. The summed E-state index contributed by atoms with van der Waals surface area (Å²) < 4.78 is 10.5. The molecule has 0 aliphatic rings. The van der Waals surface area contributed by atoms with Gasteiger partial charge in [-0.15, -0.1) is 32.0 Å². The van der Waals surface area contributed by atoms with Gasteiger partial charge >= 0.3 is 0 Å². The zero-order valence-corrected chi connectivity index (χ0v) is 96.6. The summed E-state index contributed by atoms with van der Waals surface area (Å²) >= 11 is 0. The molecule has 0 fully saturated rings. The number of fused-ring (bicyclic) bond motifs is 15. The Bertz CT molecular complexity index is 7200. The fourth-order valence-corrected chi connectivity index (χ4v) is 15.1. The predicted molar refractivity (Wildman–Crippen MR) is 567 cm³/mol. The van der Waals surface area contributed by atoms with Gasteiger partial charge in [0.05, 0.1) is 40.7 Å². The summed E-state index contributed by atoms with van der Waals surface area (Å²) in [6, 6.07) is 101. The molecule has 10 aromatic carbocycles. The Morgan fingerprint density at radius 2 is 0.531 bits per heavy atom. The molecule has 0 amide bonds. The molecule has 0 spiro atoms.